The van der Waals surface area contributed by atoms with Gasteiger partial charge in [0.05, 0.1) is 4.90 Å². The maximum Gasteiger partial charge on any atom is 0.261 e. The summed E-state index contributed by atoms with van der Waals surface area (Å²) < 4.78 is 52.3. The summed E-state index contributed by atoms with van der Waals surface area (Å²) in [5, 5.41) is 3.47. The maximum absolute atomic E-state index is 13.8. The lowest BCUT2D eigenvalue weighted by molar-refractivity contribution is -0.143. The standard InChI is InChI=1S/C34H35ClFN3O6S/c1-2-44-22-6-21-37-34(41)33(26-7-4-3-5-8-26)39(23-25-9-11-27(35)12-10-25)32(40)24-45-30-17-19-31(20-18-30)46(42,43)38-29-15-13-28(36)14-16-29/h3-5,7-20,33,38H,2,6,21-24H2,1H3,(H,37,41). The van der Waals surface area contributed by atoms with E-state index < -0.39 is 34.4 Å². The number of carbonyl (C=O) groups excluding carboxylic acids is 2. The highest BCUT2D eigenvalue weighted by Gasteiger charge is 2.31. The number of hydrogen-bond donors (Lipinski definition) is 2. The molecule has 0 bridgehead atoms. The van der Waals surface area contributed by atoms with Crippen LogP contribution in [0.3, 0.4) is 0 Å². The quantitative estimate of drug-likeness (QED) is 0.142. The van der Waals surface area contributed by atoms with Gasteiger partial charge in [0.25, 0.3) is 15.9 Å². The van der Waals surface area contributed by atoms with Crippen LogP contribution in [0.5, 0.6) is 5.75 Å². The first-order valence-corrected chi connectivity index (χ1v) is 16.5. The van der Waals surface area contributed by atoms with Gasteiger partial charge in [-0.05, 0) is 85.1 Å². The lowest BCUT2D eigenvalue weighted by Gasteiger charge is -2.31. The van der Waals surface area contributed by atoms with Crippen molar-refractivity contribution in [3.8, 4) is 5.75 Å². The van der Waals surface area contributed by atoms with Gasteiger partial charge in [0.1, 0.15) is 17.6 Å². The number of hydrogen-bond acceptors (Lipinski definition) is 6. The van der Waals surface area contributed by atoms with Gasteiger partial charge >= 0.3 is 0 Å². The smallest absolute Gasteiger partial charge is 0.261 e. The lowest BCUT2D eigenvalue weighted by Crippen LogP contribution is -2.45. The number of nitrogens with zero attached hydrogens (tertiary/aromatic N) is 1. The normalized spacial score (nSPS) is 11.8. The zero-order valence-electron chi connectivity index (χ0n) is 25.2. The Labute approximate surface area is 273 Å². The third kappa shape index (κ3) is 10.0. The van der Waals surface area contributed by atoms with Crippen molar-refractivity contribution in [1.82, 2.24) is 10.2 Å². The Hall–Kier alpha value is -4.45. The molecule has 0 spiro atoms. The van der Waals surface area contributed by atoms with E-state index >= 15 is 0 Å². The van der Waals surface area contributed by atoms with Crippen molar-refractivity contribution in [3.05, 3.63) is 125 Å². The Morgan fingerprint density at radius 2 is 1.59 bits per heavy atom. The number of amides is 2. The molecular formula is C34H35ClFN3O6S. The minimum absolute atomic E-state index is 0.0509. The average Bonchev–Trinajstić information content (AvgIpc) is 3.06. The zero-order valence-corrected chi connectivity index (χ0v) is 26.8. The summed E-state index contributed by atoms with van der Waals surface area (Å²) in [6.45, 7) is 3.01. The molecule has 2 N–H and O–H groups in total. The first-order valence-electron chi connectivity index (χ1n) is 14.6. The summed E-state index contributed by atoms with van der Waals surface area (Å²) in [6, 6.07) is 25.5. The first kappa shape index (κ1) is 34.4. The van der Waals surface area contributed by atoms with Gasteiger partial charge in [-0.25, -0.2) is 12.8 Å². The van der Waals surface area contributed by atoms with Gasteiger partial charge in [-0.3, -0.25) is 14.3 Å². The van der Waals surface area contributed by atoms with Crippen molar-refractivity contribution in [1.29, 1.82) is 0 Å². The highest BCUT2D eigenvalue weighted by Crippen LogP contribution is 2.26. The van der Waals surface area contributed by atoms with Crippen LogP contribution in [0.25, 0.3) is 0 Å². The monoisotopic (exact) mass is 667 g/mol. The van der Waals surface area contributed by atoms with Crippen LogP contribution in [0.4, 0.5) is 10.1 Å². The predicted molar refractivity (Wildman–Crippen MR) is 174 cm³/mol. The van der Waals surface area contributed by atoms with Crippen LogP contribution >= 0.6 is 11.6 Å². The SMILES string of the molecule is CCOCCCNC(=O)C(c1ccccc1)N(Cc1ccc(Cl)cc1)C(=O)COc1ccc(S(=O)(=O)Nc2ccc(F)cc2)cc1. The lowest BCUT2D eigenvalue weighted by atomic mass is 10.0. The molecule has 0 aromatic heterocycles. The molecule has 46 heavy (non-hydrogen) atoms. The second kappa shape index (κ2) is 16.7. The fourth-order valence-corrected chi connectivity index (χ4v) is 5.70. The second-order valence-electron chi connectivity index (χ2n) is 10.2. The van der Waals surface area contributed by atoms with Crippen LogP contribution in [0.2, 0.25) is 5.02 Å². The molecule has 0 aliphatic heterocycles. The van der Waals surface area contributed by atoms with E-state index in [-0.39, 0.29) is 28.8 Å². The van der Waals surface area contributed by atoms with E-state index in [4.69, 9.17) is 21.1 Å². The summed E-state index contributed by atoms with van der Waals surface area (Å²) in [4.78, 5) is 28.8. The minimum Gasteiger partial charge on any atom is -0.484 e. The van der Waals surface area contributed by atoms with Gasteiger partial charge in [-0.2, -0.15) is 0 Å². The summed E-state index contributed by atoms with van der Waals surface area (Å²) >= 11 is 6.09. The second-order valence-corrected chi connectivity index (χ2v) is 12.3. The van der Waals surface area contributed by atoms with Gasteiger partial charge in [-0.15, -0.1) is 0 Å². The fraction of sp³-hybridized carbons (Fsp3) is 0.235. The Bertz CT molecular complexity index is 1670. The van der Waals surface area contributed by atoms with E-state index in [1.54, 1.807) is 48.5 Å². The predicted octanol–water partition coefficient (Wildman–Crippen LogP) is 5.97. The average molecular weight is 668 g/mol. The molecule has 0 saturated carbocycles. The van der Waals surface area contributed by atoms with E-state index in [1.807, 2.05) is 13.0 Å². The summed E-state index contributed by atoms with van der Waals surface area (Å²) in [5.41, 5.74) is 1.58. The number of benzene rings is 4. The Balaban J connectivity index is 1.52. The van der Waals surface area contributed by atoms with Gasteiger partial charge in [0.2, 0.25) is 5.91 Å². The van der Waals surface area contributed by atoms with Crippen LogP contribution in [0, 0.1) is 5.82 Å². The molecular weight excluding hydrogens is 633 g/mol. The molecule has 0 fully saturated rings. The van der Waals surface area contributed by atoms with Gasteiger partial charge in [0.15, 0.2) is 6.61 Å². The van der Waals surface area contributed by atoms with Crippen LogP contribution in [0.15, 0.2) is 108 Å². The molecule has 4 aromatic carbocycles. The van der Waals surface area contributed by atoms with Crippen LogP contribution < -0.4 is 14.8 Å². The van der Waals surface area contributed by atoms with Gasteiger partial charge < -0.3 is 19.7 Å². The van der Waals surface area contributed by atoms with Crippen LogP contribution in [-0.4, -0.2) is 51.5 Å². The molecule has 242 valence electrons. The number of nitrogens with one attached hydrogen (secondary N) is 2. The molecule has 9 nitrogen and oxygen atoms in total. The zero-order chi connectivity index (χ0) is 32.9. The minimum atomic E-state index is -3.95. The maximum atomic E-state index is 13.8. The van der Waals surface area contributed by atoms with E-state index in [1.165, 1.54) is 41.3 Å². The molecule has 0 radical (unpaired) electrons. The molecule has 0 aliphatic carbocycles. The number of carbonyl (C=O) groups is 2. The molecule has 0 aliphatic rings. The van der Waals surface area contributed by atoms with Gasteiger partial charge in [-0.1, -0.05) is 54.1 Å². The van der Waals surface area contributed by atoms with E-state index in [0.29, 0.717) is 36.8 Å². The summed E-state index contributed by atoms with van der Waals surface area (Å²) in [7, 11) is -3.95. The highest BCUT2D eigenvalue weighted by atomic mass is 35.5. The van der Waals surface area contributed by atoms with Crippen molar-refractivity contribution in [3.63, 3.8) is 0 Å². The van der Waals surface area contributed by atoms with Crippen LogP contribution in [-0.2, 0) is 30.9 Å². The van der Waals surface area contributed by atoms with Crippen molar-refractivity contribution >= 4 is 39.1 Å². The number of anilines is 1. The molecule has 0 saturated heterocycles. The van der Waals surface area contributed by atoms with Crippen molar-refractivity contribution < 1.29 is 31.9 Å². The van der Waals surface area contributed by atoms with Crippen molar-refractivity contribution in [2.45, 2.75) is 30.8 Å². The highest BCUT2D eigenvalue weighted by molar-refractivity contribution is 7.92. The number of sulfonamides is 1. The third-order valence-corrected chi connectivity index (χ3v) is 8.47. The molecule has 12 heteroatoms. The molecule has 4 aromatic rings. The van der Waals surface area contributed by atoms with E-state index in [0.717, 1.165) is 17.7 Å². The Kier molecular flexibility index (Phi) is 12.5. The first-order chi connectivity index (χ1) is 22.2. The van der Waals surface area contributed by atoms with Crippen molar-refractivity contribution in [2.24, 2.45) is 0 Å². The molecule has 4 rings (SSSR count). The fourth-order valence-electron chi connectivity index (χ4n) is 4.52. The molecule has 2 amide bonds. The molecule has 1 atom stereocenters. The number of ether oxygens (including phenoxy) is 2. The van der Waals surface area contributed by atoms with Gasteiger partial charge in [0, 0.05) is 37.0 Å². The molecule has 0 heterocycles. The third-order valence-electron chi connectivity index (χ3n) is 6.82. The largest absolute Gasteiger partial charge is 0.484 e. The summed E-state index contributed by atoms with van der Waals surface area (Å²) in [5.74, 6) is -1.06. The van der Waals surface area contributed by atoms with E-state index in [2.05, 4.69) is 10.0 Å². The molecule has 1 unspecified atom stereocenters. The van der Waals surface area contributed by atoms with Crippen molar-refractivity contribution in [2.75, 3.05) is 31.1 Å². The summed E-state index contributed by atoms with van der Waals surface area (Å²) in [6.07, 6.45) is 0.612. The van der Waals surface area contributed by atoms with Crippen LogP contribution in [0.1, 0.15) is 30.5 Å². The number of rotatable bonds is 16. The topological polar surface area (TPSA) is 114 Å². The Morgan fingerprint density at radius 1 is 0.913 bits per heavy atom. The number of halogens is 2. The van der Waals surface area contributed by atoms with E-state index in [9.17, 15) is 22.4 Å². The Morgan fingerprint density at radius 3 is 2.24 bits per heavy atom.